The molecule has 0 fully saturated rings. The standard InChI is InChI=1S/C20H26GeSi/c1-21(2)16-15-19(20(21)17-11-7-5-8-12-17)22(3,4)18-13-9-6-10-14-18/h5-14H,15-16H2,1-4H3. The summed E-state index contributed by atoms with van der Waals surface area (Å²) in [7, 11) is -1.55. The molecule has 3 rings (SSSR count). The zero-order valence-electron chi connectivity index (χ0n) is 14.2. The zero-order chi connectivity index (χ0) is 15.8. The molecule has 0 radical (unpaired) electrons. The first-order valence-electron chi connectivity index (χ1n) is 8.28. The quantitative estimate of drug-likeness (QED) is 0.651. The fraction of sp³-hybridized carbons (Fsp3) is 0.300. The summed E-state index contributed by atoms with van der Waals surface area (Å²) in [6.07, 6.45) is 1.34. The van der Waals surface area contributed by atoms with Crippen molar-refractivity contribution in [3.8, 4) is 0 Å². The van der Waals surface area contributed by atoms with Crippen molar-refractivity contribution < 1.29 is 0 Å². The third-order valence-corrected chi connectivity index (χ3v) is 16.8. The van der Waals surface area contributed by atoms with E-state index in [1.165, 1.54) is 17.2 Å². The fourth-order valence-electron chi connectivity index (χ4n) is 3.92. The van der Waals surface area contributed by atoms with Gasteiger partial charge in [-0.05, 0) is 0 Å². The summed E-state index contributed by atoms with van der Waals surface area (Å²) < 4.78 is 1.81. The van der Waals surface area contributed by atoms with E-state index in [2.05, 4.69) is 85.3 Å². The van der Waals surface area contributed by atoms with Gasteiger partial charge in [-0.1, -0.05) is 0 Å². The van der Waals surface area contributed by atoms with Crippen LogP contribution in [0.25, 0.3) is 4.41 Å². The van der Waals surface area contributed by atoms with E-state index in [-0.39, 0.29) is 0 Å². The molecule has 0 spiro atoms. The van der Waals surface area contributed by atoms with Gasteiger partial charge in [0.1, 0.15) is 0 Å². The average molecular weight is 367 g/mol. The Hall–Kier alpha value is -1.06. The Morgan fingerprint density at radius 2 is 1.36 bits per heavy atom. The third kappa shape index (κ3) is 2.77. The molecule has 0 nitrogen and oxygen atoms in total. The zero-order valence-corrected chi connectivity index (χ0v) is 17.3. The van der Waals surface area contributed by atoms with Crippen molar-refractivity contribution in [3.05, 3.63) is 71.4 Å². The van der Waals surface area contributed by atoms with Crippen LogP contribution in [0.4, 0.5) is 0 Å². The SMILES string of the molecule is C[Si](C)(C1=[C](c2ccccc2)[Ge]([CH3])([CH3])[CH2]C1)c1ccccc1. The van der Waals surface area contributed by atoms with Crippen LogP contribution in [0.1, 0.15) is 12.0 Å². The summed E-state index contributed by atoms with van der Waals surface area (Å²) in [4.78, 5) is 0. The molecule has 0 amide bonds. The first-order valence-corrected chi connectivity index (χ1v) is 18.0. The molecule has 1 aliphatic heterocycles. The number of benzene rings is 2. The first kappa shape index (κ1) is 15.8. The Balaban J connectivity index is 2.18. The molecular formula is C20H26GeSi. The molecule has 2 aromatic carbocycles. The van der Waals surface area contributed by atoms with Crippen LogP contribution in [0.2, 0.25) is 29.9 Å². The van der Waals surface area contributed by atoms with Gasteiger partial charge in [0.2, 0.25) is 0 Å². The monoisotopic (exact) mass is 368 g/mol. The van der Waals surface area contributed by atoms with Gasteiger partial charge in [-0.15, -0.1) is 0 Å². The fourth-order valence-corrected chi connectivity index (χ4v) is 17.4. The second-order valence-corrected chi connectivity index (χ2v) is 22.0. The van der Waals surface area contributed by atoms with Gasteiger partial charge in [-0.25, -0.2) is 0 Å². The Morgan fingerprint density at radius 1 is 0.818 bits per heavy atom. The van der Waals surface area contributed by atoms with Crippen LogP contribution < -0.4 is 5.19 Å². The van der Waals surface area contributed by atoms with E-state index in [9.17, 15) is 0 Å². The molecule has 0 N–H and O–H groups in total. The van der Waals surface area contributed by atoms with Crippen LogP contribution in [0.5, 0.6) is 0 Å². The topological polar surface area (TPSA) is 0 Å². The average Bonchev–Trinajstić information content (AvgIpc) is 2.85. The molecular weight excluding hydrogens is 341 g/mol. The molecule has 0 saturated carbocycles. The maximum atomic E-state index is 2.60. The van der Waals surface area contributed by atoms with Crippen molar-refractivity contribution in [2.75, 3.05) is 0 Å². The summed E-state index contributed by atoms with van der Waals surface area (Å²) >= 11 is -1.86. The van der Waals surface area contributed by atoms with Gasteiger partial charge in [0.25, 0.3) is 0 Å². The van der Waals surface area contributed by atoms with E-state index in [1.807, 2.05) is 5.20 Å². The van der Waals surface area contributed by atoms with E-state index in [4.69, 9.17) is 0 Å². The Kier molecular flexibility index (Phi) is 4.21. The Bertz CT molecular complexity index is 684. The van der Waals surface area contributed by atoms with Gasteiger partial charge in [0, 0.05) is 0 Å². The summed E-state index contributed by atoms with van der Waals surface area (Å²) in [5.41, 5.74) is 1.51. The summed E-state index contributed by atoms with van der Waals surface area (Å²) in [5.74, 6) is 5.20. The van der Waals surface area contributed by atoms with Crippen LogP contribution in [0.15, 0.2) is 65.9 Å². The number of rotatable bonds is 3. The van der Waals surface area contributed by atoms with Crippen molar-refractivity contribution in [1.29, 1.82) is 0 Å². The number of allylic oxidation sites excluding steroid dienone is 1. The Labute approximate surface area is 138 Å². The van der Waals surface area contributed by atoms with Gasteiger partial charge in [0.15, 0.2) is 0 Å². The van der Waals surface area contributed by atoms with Crippen LogP contribution in [0, 0.1) is 0 Å². The van der Waals surface area contributed by atoms with E-state index in [0.29, 0.717) is 0 Å². The van der Waals surface area contributed by atoms with Gasteiger partial charge in [0.05, 0.1) is 0 Å². The van der Waals surface area contributed by atoms with Crippen molar-refractivity contribution >= 4 is 30.9 Å². The van der Waals surface area contributed by atoms with Crippen LogP contribution in [-0.4, -0.2) is 21.3 Å². The van der Waals surface area contributed by atoms with Gasteiger partial charge in [-0.3, -0.25) is 0 Å². The predicted octanol–water partition coefficient (Wildman–Crippen LogP) is 5.25. The molecule has 22 heavy (non-hydrogen) atoms. The molecule has 1 aliphatic rings. The molecule has 0 bridgehead atoms. The molecule has 0 unspecified atom stereocenters. The normalized spacial score (nSPS) is 17.8. The molecule has 2 aromatic rings. The molecule has 0 atom stereocenters. The minimum absolute atomic E-state index is 1.34. The molecule has 114 valence electrons. The van der Waals surface area contributed by atoms with Crippen LogP contribution in [-0.2, 0) is 0 Å². The molecule has 0 aromatic heterocycles. The van der Waals surface area contributed by atoms with Crippen LogP contribution >= 0.6 is 0 Å². The van der Waals surface area contributed by atoms with Crippen molar-refractivity contribution in [2.24, 2.45) is 0 Å². The maximum absolute atomic E-state index is 2.60. The van der Waals surface area contributed by atoms with E-state index in [1.54, 1.807) is 9.59 Å². The van der Waals surface area contributed by atoms with Crippen molar-refractivity contribution in [3.63, 3.8) is 0 Å². The predicted molar refractivity (Wildman–Crippen MR) is 104 cm³/mol. The first-order chi connectivity index (χ1) is 10.4. The van der Waals surface area contributed by atoms with E-state index < -0.39 is 21.3 Å². The van der Waals surface area contributed by atoms with Gasteiger partial charge in [-0.2, -0.15) is 0 Å². The van der Waals surface area contributed by atoms with Gasteiger partial charge >= 0.3 is 139 Å². The van der Waals surface area contributed by atoms with Crippen molar-refractivity contribution in [1.82, 2.24) is 0 Å². The third-order valence-electron chi connectivity index (χ3n) is 5.29. The summed E-state index contributed by atoms with van der Waals surface area (Å²) in [6.45, 7) is 5.09. The molecule has 0 aliphatic carbocycles. The molecule has 0 saturated heterocycles. The minimum atomic E-state index is -1.86. The number of hydrogen-bond acceptors (Lipinski definition) is 0. The summed E-state index contributed by atoms with van der Waals surface area (Å²) in [5, 5.41) is 4.87. The van der Waals surface area contributed by atoms with Crippen molar-refractivity contribution in [2.45, 2.75) is 36.3 Å². The second kappa shape index (κ2) is 5.86. The van der Waals surface area contributed by atoms with E-state index >= 15 is 0 Å². The molecule has 2 heteroatoms. The van der Waals surface area contributed by atoms with E-state index in [0.717, 1.165) is 0 Å². The molecule has 1 heterocycles. The Morgan fingerprint density at radius 3 is 1.95 bits per heavy atom. The summed E-state index contributed by atoms with van der Waals surface area (Å²) in [6, 6.07) is 22.5. The van der Waals surface area contributed by atoms with Crippen LogP contribution in [0.3, 0.4) is 0 Å². The number of hydrogen-bond donors (Lipinski definition) is 0. The van der Waals surface area contributed by atoms with Gasteiger partial charge < -0.3 is 0 Å². The second-order valence-electron chi connectivity index (χ2n) is 7.59.